The number of aliphatic hydroxyl groups is 1. The van der Waals surface area contributed by atoms with Gasteiger partial charge in [-0.25, -0.2) is 4.98 Å². The van der Waals surface area contributed by atoms with Crippen LogP contribution in [-0.2, 0) is 19.2 Å². The number of hydrogen-bond acceptors (Lipinski definition) is 8. The second-order valence-corrected chi connectivity index (χ2v) is 16.6. The summed E-state index contributed by atoms with van der Waals surface area (Å²) in [5, 5.41) is 14.2. The number of ketones is 3. The molecule has 0 radical (unpaired) electrons. The molecule has 2 N–H and O–H groups in total. The first kappa shape index (κ1) is 37.3. The lowest BCUT2D eigenvalue weighted by Crippen LogP contribution is -2.58. The van der Waals surface area contributed by atoms with Crippen molar-refractivity contribution in [2.45, 2.75) is 142 Å². The van der Waals surface area contributed by atoms with Crippen molar-refractivity contribution in [2.75, 3.05) is 6.54 Å². The monoisotopic (exact) mass is 678 g/mol. The predicted molar refractivity (Wildman–Crippen MR) is 185 cm³/mol. The average Bonchev–Trinajstić information content (AvgIpc) is 3.65. The summed E-state index contributed by atoms with van der Waals surface area (Å²) in [5.74, 6) is -1.53. The van der Waals surface area contributed by atoms with E-state index in [0.29, 0.717) is 25.3 Å². The van der Waals surface area contributed by atoms with E-state index in [1.165, 1.54) is 18.6 Å². The lowest BCUT2D eigenvalue weighted by Gasteiger charge is -2.38. The lowest BCUT2D eigenvalue weighted by molar-refractivity contribution is -0.145. The molecular weight excluding hydrogens is 620 g/mol. The molecular formula is C39H58N4O6. The molecule has 1 saturated heterocycles. The first-order valence-corrected chi connectivity index (χ1v) is 19.0. The molecule has 10 nitrogen and oxygen atoms in total. The number of carbonyl (C=O) groups excluding carboxylic acids is 5. The molecule has 49 heavy (non-hydrogen) atoms. The Kier molecular flexibility index (Phi) is 12.4. The van der Waals surface area contributed by atoms with Crippen LogP contribution in [0.1, 0.15) is 134 Å². The minimum absolute atomic E-state index is 0.00414. The van der Waals surface area contributed by atoms with E-state index in [1.54, 1.807) is 4.90 Å². The SMILES string of the molecule is CCCC(CC(=O)C1[C@H]2CCC[C@H]2CN1C(=O)[C@@H](NC(=O)[C@H](CC(=O)c1cnccn1)C1CCCCC1)C(C)(C)C)C(O)C(=O)CC1CC1. The summed E-state index contributed by atoms with van der Waals surface area (Å²) in [5.41, 5.74) is -0.439. The highest BCUT2D eigenvalue weighted by molar-refractivity contribution is 5.98. The van der Waals surface area contributed by atoms with Crippen LogP contribution in [-0.4, -0.2) is 73.9 Å². The summed E-state index contributed by atoms with van der Waals surface area (Å²) in [6, 6.07) is -1.54. The van der Waals surface area contributed by atoms with Gasteiger partial charge < -0.3 is 15.3 Å². The van der Waals surface area contributed by atoms with Crippen LogP contribution in [0, 0.1) is 40.9 Å². The highest BCUT2D eigenvalue weighted by Gasteiger charge is 2.52. The molecule has 1 aromatic heterocycles. The number of aromatic nitrogens is 2. The Morgan fingerprint density at radius 3 is 2.33 bits per heavy atom. The van der Waals surface area contributed by atoms with Gasteiger partial charge in [-0.05, 0) is 80.0 Å². The summed E-state index contributed by atoms with van der Waals surface area (Å²) in [4.78, 5) is 79.3. The van der Waals surface area contributed by atoms with Crippen LogP contribution < -0.4 is 5.32 Å². The molecule has 1 aromatic rings. The fourth-order valence-electron chi connectivity index (χ4n) is 8.88. The van der Waals surface area contributed by atoms with E-state index in [4.69, 9.17) is 0 Å². The van der Waals surface area contributed by atoms with Crippen LogP contribution in [0.15, 0.2) is 18.6 Å². The van der Waals surface area contributed by atoms with Gasteiger partial charge in [0.1, 0.15) is 17.8 Å². The smallest absolute Gasteiger partial charge is 0.246 e. The highest BCUT2D eigenvalue weighted by Crippen LogP contribution is 2.44. The van der Waals surface area contributed by atoms with Gasteiger partial charge >= 0.3 is 0 Å². The van der Waals surface area contributed by atoms with E-state index in [2.05, 4.69) is 15.3 Å². The van der Waals surface area contributed by atoms with Gasteiger partial charge in [-0.15, -0.1) is 0 Å². The normalized spacial score (nSPS) is 25.2. The number of fused-ring (bicyclic) bond motifs is 1. The van der Waals surface area contributed by atoms with Crippen molar-refractivity contribution in [1.29, 1.82) is 0 Å². The number of rotatable bonds is 16. The molecule has 3 saturated carbocycles. The van der Waals surface area contributed by atoms with Gasteiger partial charge in [-0.2, -0.15) is 0 Å². The Hall–Kier alpha value is -3.01. The molecule has 4 aliphatic rings. The minimum atomic E-state index is -1.17. The van der Waals surface area contributed by atoms with Crippen molar-refractivity contribution in [3.05, 3.63) is 24.3 Å². The number of nitrogens with one attached hydrogen (secondary N) is 1. The van der Waals surface area contributed by atoms with Crippen molar-refractivity contribution < 1.29 is 29.1 Å². The highest BCUT2D eigenvalue weighted by atomic mass is 16.3. The molecule has 5 rings (SSSR count). The number of hydrogen-bond donors (Lipinski definition) is 2. The maximum Gasteiger partial charge on any atom is 0.246 e. The third kappa shape index (κ3) is 9.21. The molecule has 10 heteroatoms. The van der Waals surface area contributed by atoms with Crippen molar-refractivity contribution >= 4 is 29.2 Å². The zero-order chi connectivity index (χ0) is 35.3. The molecule has 1 aliphatic heterocycles. The standard InChI is InChI=1S/C39H58N4O6/c1-5-10-26(35(47)33(46)19-24-15-16-24)20-32(45)34-28-14-9-13-27(28)23-43(34)38(49)36(39(2,3)4)42-37(48)29(25-11-7-6-8-12-25)21-31(44)30-22-40-17-18-41-30/h17-18,22,24-29,34-36,47H,5-16,19-21,23H2,1-4H3,(H,42,48)/t26?,27-,28-,29+,34?,35?,36+/m0/s1. The van der Waals surface area contributed by atoms with Gasteiger partial charge in [0.15, 0.2) is 17.3 Å². The molecule has 270 valence electrons. The number of Topliss-reactive ketones (excluding diaryl/α,β-unsaturated/α-hetero) is 3. The zero-order valence-electron chi connectivity index (χ0n) is 30.1. The third-order valence-corrected chi connectivity index (χ3v) is 11.8. The molecule has 3 unspecified atom stereocenters. The van der Waals surface area contributed by atoms with Gasteiger partial charge in [0.25, 0.3) is 0 Å². The summed E-state index contributed by atoms with van der Waals surface area (Å²) in [6.45, 7) is 8.21. The zero-order valence-corrected chi connectivity index (χ0v) is 30.1. The van der Waals surface area contributed by atoms with Gasteiger partial charge in [0.2, 0.25) is 11.8 Å². The molecule has 0 aromatic carbocycles. The second kappa shape index (κ2) is 16.3. The molecule has 0 spiro atoms. The van der Waals surface area contributed by atoms with E-state index in [0.717, 1.165) is 70.6 Å². The van der Waals surface area contributed by atoms with Crippen LogP contribution in [0.4, 0.5) is 0 Å². The van der Waals surface area contributed by atoms with E-state index >= 15 is 0 Å². The van der Waals surface area contributed by atoms with Crippen LogP contribution in [0.5, 0.6) is 0 Å². The van der Waals surface area contributed by atoms with Crippen LogP contribution in [0.25, 0.3) is 0 Å². The van der Waals surface area contributed by atoms with E-state index < -0.39 is 35.4 Å². The number of aliphatic hydroxyl groups excluding tert-OH is 1. The van der Waals surface area contributed by atoms with Crippen molar-refractivity contribution in [2.24, 2.45) is 40.9 Å². The van der Waals surface area contributed by atoms with E-state index in [9.17, 15) is 29.1 Å². The molecule has 0 bridgehead atoms. The van der Waals surface area contributed by atoms with E-state index in [-0.39, 0.29) is 65.5 Å². The van der Waals surface area contributed by atoms with Gasteiger partial charge in [-0.3, -0.25) is 29.0 Å². The van der Waals surface area contributed by atoms with E-state index in [1.807, 2.05) is 27.7 Å². The van der Waals surface area contributed by atoms with Crippen LogP contribution in [0.2, 0.25) is 0 Å². The topological polar surface area (TPSA) is 147 Å². The minimum Gasteiger partial charge on any atom is -0.385 e. The Balaban J connectivity index is 1.35. The quantitative estimate of drug-likeness (QED) is 0.218. The maximum atomic E-state index is 14.7. The molecule has 4 fully saturated rings. The fraction of sp³-hybridized carbons (Fsp3) is 0.769. The van der Waals surface area contributed by atoms with Crippen molar-refractivity contribution in [3.8, 4) is 0 Å². The molecule has 7 atom stereocenters. The fourth-order valence-corrected chi connectivity index (χ4v) is 8.88. The van der Waals surface area contributed by atoms with Gasteiger partial charge in [0.05, 0.1) is 12.2 Å². The molecule has 3 aliphatic carbocycles. The number of likely N-dealkylation sites (tertiary alicyclic amines) is 1. The Morgan fingerprint density at radius 2 is 1.69 bits per heavy atom. The Bertz CT molecular complexity index is 1330. The van der Waals surface area contributed by atoms with Gasteiger partial charge in [-0.1, -0.05) is 59.8 Å². The van der Waals surface area contributed by atoms with Crippen LogP contribution in [0.3, 0.4) is 0 Å². The first-order valence-electron chi connectivity index (χ1n) is 19.0. The van der Waals surface area contributed by atoms with Gasteiger partial charge in [0, 0.05) is 44.1 Å². The largest absolute Gasteiger partial charge is 0.385 e. The second-order valence-electron chi connectivity index (χ2n) is 16.6. The van der Waals surface area contributed by atoms with Crippen LogP contribution >= 0.6 is 0 Å². The number of nitrogens with zero attached hydrogens (tertiary/aromatic N) is 3. The first-order chi connectivity index (χ1) is 23.4. The maximum absolute atomic E-state index is 14.7. The summed E-state index contributed by atoms with van der Waals surface area (Å²) >= 11 is 0. The molecule has 2 heterocycles. The van der Waals surface area contributed by atoms with Crippen molar-refractivity contribution in [1.82, 2.24) is 20.2 Å². The summed E-state index contributed by atoms with van der Waals surface area (Å²) in [7, 11) is 0. The average molecular weight is 679 g/mol. The summed E-state index contributed by atoms with van der Waals surface area (Å²) < 4.78 is 0. The number of amides is 2. The molecule has 2 amide bonds. The third-order valence-electron chi connectivity index (χ3n) is 11.8. The predicted octanol–water partition coefficient (Wildman–Crippen LogP) is 5.51. The Labute approximate surface area is 292 Å². The Morgan fingerprint density at radius 1 is 0.959 bits per heavy atom. The lowest BCUT2D eigenvalue weighted by atomic mass is 9.76. The number of carbonyl (C=O) groups is 5. The summed E-state index contributed by atoms with van der Waals surface area (Å²) in [6.07, 6.45) is 14.6. The van der Waals surface area contributed by atoms with Crippen molar-refractivity contribution in [3.63, 3.8) is 0 Å².